The third-order valence-corrected chi connectivity index (χ3v) is 4.34. The molecule has 0 aromatic carbocycles. The van der Waals surface area contributed by atoms with E-state index in [1.165, 1.54) is 38.5 Å². The number of halogens is 1. The van der Waals surface area contributed by atoms with E-state index in [-0.39, 0.29) is 5.91 Å². The fourth-order valence-electron chi connectivity index (χ4n) is 1.90. The molecular weight excluding hydrogens is 290 g/mol. The first-order valence-corrected chi connectivity index (χ1v) is 8.53. The topological polar surface area (TPSA) is 29.1 Å². The van der Waals surface area contributed by atoms with Crippen molar-refractivity contribution in [3.05, 3.63) is 0 Å². The molecule has 0 fully saturated rings. The molecule has 0 bridgehead atoms. The maximum Gasteiger partial charge on any atom is 0.219 e. The van der Waals surface area contributed by atoms with Crippen LogP contribution in [0.2, 0.25) is 0 Å². The minimum absolute atomic E-state index is 0.222. The molecule has 0 aliphatic rings. The van der Waals surface area contributed by atoms with Crippen molar-refractivity contribution in [1.29, 1.82) is 0 Å². The van der Waals surface area contributed by atoms with Gasteiger partial charge < -0.3 is 5.32 Å². The summed E-state index contributed by atoms with van der Waals surface area (Å²) in [5.41, 5.74) is 0. The highest BCUT2D eigenvalue weighted by Gasteiger charge is 2.03. The van der Waals surface area contributed by atoms with Crippen molar-refractivity contribution in [3.8, 4) is 0 Å². The van der Waals surface area contributed by atoms with Gasteiger partial charge in [0, 0.05) is 17.8 Å². The number of carbonyl (C=O) groups excluding carboxylic acids is 1. The van der Waals surface area contributed by atoms with Crippen LogP contribution < -0.4 is 5.32 Å². The fraction of sp³-hybridized carbons (Fsp3) is 0.933. The van der Waals surface area contributed by atoms with E-state index in [0.29, 0.717) is 11.2 Å². The first-order chi connectivity index (χ1) is 8.70. The van der Waals surface area contributed by atoms with Crippen LogP contribution in [0.15, 0.2) is 0 Å². The summed E-state index contributed by atoms with van der Waals surface area (Å²) in [6, 6.07) is 0. The number of hydrogen-bond acceptors (Lipinski definition) is 1. The van der Waals surface area contributed by atoms with Crippen molar-refractivity contribution >= 4 is 21.8 Å². The molecule has 108 valence electrons. The Morgan fingerprint density at radius 1 is 1.06 bits per heavy atom. The molecule has 0 aromatic rings. The zero-order valence-electron chi connectivity index (χ0n) is 12.1. The van der Waals surface area contributed by atoms with Crippen molar-refractivity contribution in [2.75, 3.05) is 6.54 Å². The van der Waals surface area contributed by atoms with Gasteiger partial charge in [-0.3, -0.25) is 4.79 Å². The van der Waals surface area contributed by atoms with Crippen LogP contribution in [0.5, 0.6) is 0 Å². The van der Waals surface area contributed by atoms with Gasteiger partial charge in [0.25, 0.3) is 0 Å². The Bertz CT molecular complexity index is 197. The second-order valence-electron chi connectivity index (χ2n) is 5.02. The van der Waals surface area contributed by atoms with Crippen LogP contribution in [-0.2, 0) is 4.79 Å². The predicted molar refractivity (Wildman–Crippen MR) is 83.2 cm³/mol. The van der Waals surface area contributed by atoms with Crippen LogP contribution in [0.3, 0.4) is 0 Å². The Kier molecular flexibility index (Phi) is 13.3. The standard InChI is InChI=1S/C15H30BrNO/c1-3-5-6-7-8-9-10-11-15(18)17-13-12-14(16)4-2/h14H,3-13H2,1-2H3,(H,17,18). The van der Waals surface area contributed by atoms with Gasteiger partial charge in [-0.2, -0.15) is 0 Å². The van der Waals surface area contributed by atoms with E-state index in [0.717, 1.165) is 25.8 Å². The molecule has 0 aromatic heterocycles. The Labute approximate surface area is 121 Å². The zero-order valence-corrected chi connectivity index (χ0v) is 13.7. The molecule has 0 saturated carbocycles. The molecule has 1 atom stereocenters. The number of hydrogen-bond donors (Lipinski definition) is 1. The van der Waals surface area contributed by atoms with Crippen molar-refractivity contribution in [2.45, 2.75) is 82.9 Å². The fourth-order valence-corrected chi connectivity index (χ4v) is 2.13. The van der Waals surface area contributed by atoms with E-state index in [1.807, 2.05) is 0 Å². The minimum Gasteiger partial charge on any atom is -0.356 e. The Hall–Kier alpha value is -0.0500. The molecule has 18 heavy (non-hydrogen) atoms. The lowest BCUT2D eigenvalue weighted by atomic mass is 10.1. The average Bonchev–Trinajstić information content (AvgIpc) is 2.37. The first-order valence-electron chi connectivity index (χ1n) is 7.61. The summed E-state index contributed by atoms with van der Waals surface area (Å²) >= 11 is 3.57. The zero-order chi connectivity index (χ0) is 13.6. The summed E-state index contributed by atoms with van der Waals surface area (Å²) in [5, 5.41) is 2.99. The van der Waals surface area contributed by atoms with Gasteiger partial charge in [0.1, 0.15) is 0 Å². The summed E-state index contributed by atoms with van der Waals surface area (Å²) < 4.78 is 0. The maximum absolute atomic E-state index is 11.5. The van der Waals surface area contributed by atoms with Gasteiger partial charge >= 0.3 is 0 Å². The SMILES string of the molecule is CCCCCCCCCC(=O)NCCC(Br)CC. The number of carbonyl (C=O) groups is 1. The Balaban J connectivity index is 3.22. The highest BCUT2D eigenvalue weighted by atomic mass is 79.9. The molecule has 0 heterocycles. The molecule has 1 amide bonds. The van der Waals surface area contributed by atoms with Gasteiger partial charge in [-0.1, -0.05) is 68.3 Å². The normalized spacial score (nSPS) is 12.4. The third-order valence-electron chi connectivity index (χ3n) is 3.23. The number of alkyl halides is 1. The molecule has 0 saturated heterocycles. The van der Waals surface area contributed by atoms with Crippen molar-refractivity contribution in [3.63, 3.8) is 0 Å². The lowest BCUT2D eigenvalue weighted by molar-refractivity contribution is -0.121. The number of unbranched alkanes of at least 4 members (excludes halogenated alkanes) is 6. The molecule has 0 aliphatic carbocycles. The van der Waals surface area contributed by atoms with Gasteiger partial charge in [0.05, 0.1) is 0 Å². The lowest BCUT2D eigenvalue weighted by Gasteiger charge is -2.08. The molecule has 0 rings (SSSR count). The van der Waals surface area contributed by atoms with Crippen LogP contribution in [-0.4, -0.2) is 17.3 Å². The van der Waals surface area contributed by atoms with E-state index >= 15 is 0 Å². The lowest BCUT2D eigenvalue weighted by Crippen LogP contribution is -2.25. The summed E-state index contributed by atoms with van der Waals surface area (Å²) in [6.45, 7) is 5.19. The van der Waals surface area contributed by atoms with Crippen LogP contribution in [0, 0.1) is 0 Å². The van der Waals surface area contributed by atoms with Gasteiger partial charge in [-0.25, -0.2) is 0 Å². The Morgan fingerprint density at radius 2 is 1.67 bits per heavy atom. The summed E-state index contributed by atoms with van der Waals surface area (Å²) in [4.78, 5) is 12.1. The first kappa shape index (κ1) is 17.9. The summed E-state index contributed by atoms with van der Waals surface area (Å²) in [6.07, 6.45) is 11.7. The van der Waals surface area contributed by atoms with Gasteiger partial charge in [0.15, 0.2) is 0 Å². The molecule has 0 aliphatic heterocycles. The second-order valence-corrected chi connectivity index (χ2v) is 6.31. The van der Waals surface area contributed by atoms with Crippen LogP contribution in [0.25, 0.3) is 0 Å². The quantitative estimate of drug-likeness (QED) is 0.406. The minimum atomic E-state index is 0.222. The van der Waals surface area contributed by atoms with E-state index in [4.69, 9.17) is 0 Å². The molecule has 1 unspecified atom stereocenters. The summed E-state index contributed by atoms with van der Waals surface area (Å²) in [5.74, 6) is 0.222. The van der Waals surface area contributed by atoms with Gasteiger partial charge in [-0.05, 0) is 19.3 Å². The van der Waals surface area contributed by atoms with E-state index in [9.17, 15) is 4.79 Å². The van der Waals surface area contributed by atoms with Crippen LogP contribution in [0.1, 0.15) is 78.1 Å². The molecular formula is C15H30BrNO. The smallest absolute Gasteiger partial charge is 0.219 e. The molecule has 3 heteroatoms. The van der Waals surface area contributed by atoms with E-state index in [2.05, 4.69) is 35.1 Å². The van der Waals surface area contributed by atoms with Crippen molar-refractivity contribution in [1.82, 2.24) is 5.32 Å². The van der Waals surface area contributed by atoms with Crippen molar-refractivity contribution < 1.29 is 4.79 Å². The van der Waals surface area contributed by atoms with Crippen LogP contribution in [0.4, 0.5) is 0 Å². The third kappa shape index (κ3) is 12.4. The second kappa shape index (κ2) is 13.4. The predicted octanol–water partition coefficient (Wildman–Crippen LogP) is 4.81. The average molecular weight is 320 g/mol. The van der Waals surface area contributed by atoms with E-state index < -0.39 is 0 Å². The molecule has 0 radical (unpaired) electrons. The highest BCUT2D eigenvalue weighted by molar-refractivity contribution is 9.09. The van der Waals surface area contributed by atoms with Crippen molar-refractivity contribution in [2.24, 2.45) is 0 Å². The van der Waals surface area contributed by atoms with Crippen LogP contribution >= 0.6 is 15.9 Å². The number of amides is 1. The highest BCUT2D eigenvalue weighted by Crippen LogP contribution is 2.09. The molecule has 0 spiro atoms. The largest absolute Gasteiger partial charge is 0.356 e. The maximum atomic E-state index is 11.5. The molecule has 1 N–H and O–H groups in total. The van der Waals surface area contributed by atoms with E-state index in [1.54, 1.807) is 0 Å². The van der Waals surface area contributed by atoms with Gasteiger partial charge in [0.2, 0.25) is 5.91 Å². The number of rotatable bonds is 12. The molecule has 2 nitrogen and oxygen atoms in total. The summed E-state index contributed by atoms with van der Waals surface area (Å²) in [7, 11) is 0. The Morgan fingerprint density at radius 3 is 2.28 bits per heavy atom. The monoisotopic (exact) mass is 319 g/mol. The van der Waals surface area contributed by atoms with Gasteiger partial charge in [-0.15, -0.1) is 0 Å². The number of nitrogens with one attached hydrogen (secondary N) is 1.